The topological polar surface area (TPSA) is 23.8 Å². The van der Waals surface area contributed by atoms with Gasteiger partial charge in [-0.2, -0.15) is 18.4 Å². The molecule has 126 valence electrons. The molecule has 2 aromatic rings. The molecule has 0 saturated carbocycles. The zero-order chi connectivity index (χ0) is 18.4. The van der Waals surface area contributed by atoms with Crippen molar-refractivity contribution in [1.82, 2.24) is 0 Å². The van der Waals surface area contributed by atoms with E-state index in [1.807, 2.05) is 0 Å². The van der Waals surface area contributed by atoms with Gasteiger partial charge in [0, 0.05) is 11.1 Å². The van der Waals surface area contributed by atoms with Gasteiger partial charge in [0.1, 0.15) is 29.3 Å². The average molecular weight is 477 g/mol. The molecule has 0 heterocycles. The lowest BCUT2D eigenvalue weighted by atomic mass is 9.98. The summed E-state index contributed by atoms with van der Waals surface area (Å²) in [5.74, 6) is -6.27. The highest BCUT2D eigenvalue weighted by molar-refractivity contribution is 9.11. The van der Waals surface area contributed by atoms with Gasteiger partial charge in [-0.3, -0.25) is 0 Å². The summed E-state index contributed by atoms with van der Waals surface area (Å²) in [6, 6.07) is 1.64. The summed E-state index contributed by atoms with van der Waals surface area (Å²) in [5, 5.41) is 8.75. The smallest absolute Gasteiger partial charge is 0.206 e. The highest BCUT2D eigenvalue weighted by Gasteiger charge is 2.38. The maximum atomic E-state index is 14.3. The van der Waals surface area contributed by atoms with E-state index in [0.29, 0.717) is 6.07 Å². The molecular weight excluding hydrogens is 475 g/mol. The Kier molecular flexibility index (Phi) is 4.97. The Morgan fingerprint density at radius 3 is 1.75 bits per heavy atom. The SMILES string of the molecule is N#Cc1cc(F)c(Br)c(-c2c(F)c(C(F)(F)F)cc(F)c2Br)c1F. The van der Waals surface area contributed by atoms with Crippen LogP contribution in [0.4, 0.5) is 30.7 Å². The molecule has 0 saturated heterocycles. The van der Waals surface area contributed by atoms with Gasteiger partial charge in [-0.25, -0.2) is 17.6 Å². The molecule has 0 radical (unpaired) electrons. The molecule has 0 spiro atoms. The van der Waals surface area contributed by atoms with Crippen molar-refractivity contribution in [1.29, 1.82) is 5.26 Å². The minimum Gasteiger partial charge on any atom is -0.206 e. The van der Waals surface area contributed by atoms with Gasteiger partial charge < -0.3 is 0 Å². The van der Waals surface area contributed by atoms with Gasteiger partial charge in [-0.05, 0) is 44.0 Å². The van der Waals surface area contributed by atoms with E-state index in [1.54, 1.807) is 0 Å². The van der Waals surface area contributed by atoms with Crippen LogP contribution in [0, 0.1) is 34.6 Å². The first-order valence-corrected chi connectivity index (χ1v) is 7.42. The third kappa shape index (κ3) is 3.02. The summed E-state index contributed by atoms with van der Waals surface area (Å²) in [7, 11) is 0. The highest BCUT2D eigenvalue weighted by Crippen LogP contribution is 2.44. The predicted octanol–water partition coefficient (Wildman–Crippen LogP) is 6.33. The van der Waals surface area contributed by atoms with Crippen molar-refractivity contribution in [2.24, 2.45) is 0 Å². The van der Waals surface area contributed by atoms with Crippen molar-refractivity contribution in [3.8, 4) is 17.2 Å². The van der Waals surface area contributed by atoms with E-state index >= 15 is 0 Å². The minimum absolute atomic E-state index is 0.112. The zero-order valence-corrected chi connectivity index (χ0v) is 14.2. The monoisotopic (exact) mass is 475 g/mol. The van der Waals surface area contributed by atoms with E-state index in [2.05, 4.69) is 31.9 Å². The van der Waals surface area contributed by atoms with Gasteiger partial charge in [0.25, 0.3) is 0 Å². The molecule has 0 amide bonds. The molecule has 0 aliphatic carbocycles. The van der Waals surface area contributed by atoms with E-state index in [1.165, 1.54) is 6.07 Å². The lowest BCUT2D eigenvalue weighted by Crippen LogP contribution is -2.11. The van der Waals surface area contributed by atoms with E-state index in [0.717, 1.165) is 0 Å². The molecule has 0 atom stereocenters. The van der Waals surface area contributed by atoms with Crippen molar-refractivity contribution in [3.63, 3.8) is 0 Å². The Morgan fingerprint density at radius 2 is 1.29 bits per heavy atom. The molecule has 0 N–H and O–H groups in total. The van der Waals surface area contributed by atoms with Crippen molar-refractivity contribution in [2.75, 3.05) is 0 Å². The third-order valence-corrected chi connectivity index (χ3v) is 4.54. The number of nitriles is 1. The van der Waals surface area contributed by atoms with E-state index in [4.69, 9.17) is 5.26 Å². The number of benzene rings is 2. The Morgan fingerprint density at radius 1 is 0.833 bits per heavy atom. The van der Waals surface area contributed by atoms with Gasteiger partial charge in [0.05, 0.1) is 20.1 Å². The van der Waals surface area contributed by atoms with Crippen molar-refractivity contribution < 1.29 is 30.7 Å². The van der Waals surface area contributed by atoms with Gasteiger partial charge in [-0.1, -0.05) is 0 Å². The number of rotatable bonds is 1. The molecule has 2 aromatic carbocycles. The van der Waals surface area contributed by atoms with Gasteiger partial charge in [0.2, 0.25) is 0 Å². The van der Waals surface area contributed by atoms with Crippen LogP contribution in [0.2, 0.25) is 0 Å². The third-order valence-electron chi connectivity index (χ3n) is 2.99. The number of alkyl halides is 3. The number of nitrogens with zero attached hydrogens (tertiary/aromatic N) is 1. The first kappa shape index (κ1) is 18.7. The van der Waals surface area contributed by atoms with Crippen molar-refractivity contribution >= 4 is 31.9 Å². The first-order valence-electron chi connectivity index (χ1n) is 5.83. The van der Waals surface area contributed by atoms with Crippen LogP contribution in [-0.4, -0.2) is 0 Å². The van der Waals surface area contributed by atoms with Crippen LogP contribution in [0.25, 0.3) is 11.1 Å². The van der Waals surface area contributed by atoms with E-state index < -0.39 is 60.6 Å². The second-order valence-electron chi connectivity index (χ2n) is 4.43. The molecule has 0 aliphatic heterocycles. The minimum atomic E-state index is -5.27. The molecule has 0 fully saturated rings. The summed E-state index contributed by atoms with van der Waals surface area (Å²) in [6.07, 6.45) is -5.27. The quantitative estimate of drug-likeness (QED) is 0.349. The van der Waals surface area contributed by atoms with Gasteiger partial charge in [-0.15, -0.1) is 0 Å². The summed E-state index contributed by atoms with van der Waals surface area (Å²) in [4.78, 5) is 0. The highest BCUT2D eigenvalue weighted by atomic mass is 79.9. The number of hydrogen-bond acceptors (Lipinski definition) is 1. The standard InChI is InChI=1S/C14H2Br2F7N/c15-10-6(17)1-4(3-24)12(19)8(10)9-11(16)7(18)2-5(13(9)20)14(21,22)23/h1-2H. The van der Waals surface area contributed by atoms with Crippen molar-refractivity contribution in [2.45, 2.75) is 6.18 Å². The largest absolute Gasteiger partial charge is 0.419 e. The first-order chi connectivity index (χ1) is 11.0. The maximum Gasteiger partial charge on any atom is 0.419 e. The Labute approximate surface area is 147 Å². The predicted molar refractivity (Wildman–Crippen MR) is 76.8 cm³/mol. The molecular formula is C14H2Br2F7N. The van der Waals surface area contributed by atoms with Crippen LogP contribution < -0.4 is 0 Å². The molecule has 0 bridgehead atoms. The Balaban J connectivity index is 3.02. The average Bonchev–Trinajstić information content (AvgIpc) is 2.48. The molecule has 0 aromatic heterocycles. The van der Waals surface area contributed by atoms with Crippen LogP contribution >= 0.6 is 31.9 Å². The molecule has 10 heteroatoms. The maximum absolute atomic E-state index is 14.3. The van der Waals surface area contributed by atoms with Gasteiger partial charge >= 0.3 is 6.18 Å². The molecule has 1 nitrogen and oxygen atoms in total. The summed E-state index contributed by atoms with van der Waals surface area (Å²) in [5.41, 5.74) is -5.11. The Bertz CT molecular complexity index is 885. The van der Waals surface area contributed by atoms with Crippen LogP contribution in [0.1, 0.15) is 11.1 Å². The lowest BCUT2D eigenvalue weighted by Gasteiger charge is -2.16. The molecule has 0 unspecified atom stereocenters. The van der Waals surface area contributed by atoms with E-state index in [-0.39, 0.29) is 6.07 Å². The van der Waals surface area contributed by atoms with Crippen LogP contribution in [-0.2, 0) is 6.18 Å². The van der Waals surface area contributed by atoms with E-state index in [9.17, 15) is 30.7 Å². The summed E-state index contributed by atoms with van der Waals surface area (Å²) < 4.78 is 93.1. The second kappa shape index (κ2) is 6.37. The zero-order valence-electron chi connectivity index (χ0n) is 11.0. The molecule has 24 heavy (non-hydrogen) atoms. The molecule has 2 rings (SSSR count). The summed E-state index contributed by atoms with van der Waals surface area (Å²) in [6.45, 7) is 0. The van der Waals surface area contributed by atoms with Crippen molar-refractivity contribution in [3.05, 3.63) is 55.5 Å². The van der Waals surface area contributed by atoms with Crippen LogP contribution in [0.15, 0.2) is 21.1 Å². The summed E-state index contributed by atoms with van der Waals surface area (Å²) >= 11 is 5.12. The molecule has 0 aliphatic rings. The Hall–Kier alpha value is -1.60. The fourth-order valence-electron chi connectivity index (χ4n) is 1.93. The normalized spacial score (nSPS) is 11.5. The van der Waals surface area contributed by atoms with Gasteiger partial charge in [0.15, 0.2) is 0 Å². The fourth-order valence-corrected chi connectivity index (χ4v) is 2.91. The lowest BCUT2D eigenvalue weighted by molar-refractivity contribution is -0.140. The fraction of sp³-hybridized carbons (Fsp3) is 0.0714. The van der Waals surface area contributed by atoms with Crippen LogP contribution in [0.3, 0.4) is 0 Å². The van der Waals surface area contributed by atoms with Crippen LogP contribution in [0.5, 0.6) is 0 Å². The number of hydrogen-bond donors (Lipinski definition) is 0. The second-order valence-corrected chi connectivity index (χ2v) is 6.01. The number of halogens is 9.